The van der Waals surface area contributed by atoms with Crippen LogP contribution in [0.3, 0.4) is 0 Å². The van der Waals surface area contributed by atoms with Gasteiger partial charge in [-0.25, -0.2) is 0 Å². The highest BCUT2D eigenvalue weighted by Gasteiger charge is 2.70. The summed E-state index contributed by atoms with van der Waals surface area (Å²) in [5.41, 5.74) is 2.80. The lowest BCUT2D eigenvalue weighted by atomic mass is 9.31. The van der Waals surface area contributed by atoms with Gasteiger partial charge in [-0.3, -0.25) is 0 Å². The molecular formula is C36H64. The van der Waals surface area contributed by atoms with Gasteiger partial charge in [0.05, 0.1) is 0 Å². The predicted molar refractivity (Wildman–Crippen MR) is 157 cm³/mol. The molecule has 11 atom stereocenters. The Bertz CT molecular complexity index is 794. The molecule has 0 amide bonds. The fraction of sp³-hybridized carbons (Fsp3) is 1.00. The third-order valence-corrected chi connectivity index (χ3v) is 15.1. The van der Waals surface area contributed by atoms with E-state index in [9.17, 15) is 0 Å². The first kappa shape index (κ1) is 27.6. The topological polar surface area (TPSA) is 0 Å². The summed E-state index contributed by atoms with van der Waals surface area (Å²) in [6, 6.07) is 0. The molecule has 36 heavy (non-hydrogen) atoms. The molecule has 2 unspecified atom stereocenters. The second-order valence-electron chi connectivity index (χ2n) is 17.3. The zero-order valence-corrected chi connectivity index (χ0v) is 26.1. The lowest BCUT2D eigenvalue weighted by Gasteiger charge is -2.73. The Labute approximate surface area is 226 Å². The van der Waals surface area contributed by atoms with E-state index in [2.05, 4.69) is 62.3 Å². The first-order valence-corrected chi connectivity index (χ1v) is 16.8. The summed E-state index contributed by atoms with van der Waals surface area (Å²) in [5, 5.41) is 0. The van der Waals surface area contributed by atoms with E-state index >= 15 is 0 Å². The van der Waals surface area contributed by atoms with Crippen LogP contribution < -0.4 is 0 Å². The van der Waals surface area contributed by atoms with Crippen molar-refractivity contribution >= 4 is 0 Å². The fourth-order valence-corrected chi connectivity index (χ4v) is 13.8. The molecule has 5 rings (SSSR count). The quantitative estimate of drug-likeness (QED) is 0.321. The molecule has 5 aliphatic carbocycles. The van der Waals surface area contributed by atoms with Gasteiger partial charge in [-0.1, -0.05) is 94.4 Å². The van der Waals surface area contributed by atoms with Gasteiger partial charge >= 0.3 is 0 Å². The molecule has 5 fully saturated rings. The highest BCUT2D eigenvalue weighted by molar-refractivity contribution is 5.19. The lowest BCUT2D eigenvalue weighted by Crippen LogP contribution is -2.66. The van der Waals surface area contributed by atoms with Gasteiger partial charge < -0.3 is 0 Å². The molecule has 0 aromatic rings. The summed E-state index contributed by atoms with van der Waals surface area (Å²) in [5.74, 6) is 6.73. The van der Waals surface area contributed by atoms with Crippen molar-refractivity contribution in [2.75, 3.05) is 0 Å². The number of fused-ring (bicyclic) bond motifs is 7. The van der Waals surface area contributed by atoms with E-state index in [1.807, 2.05) is 0 Å². The van der Waals surface area contributed by atoms with E-state index < -0.39 is 0 Å². The second kappa shape index (κ2) is 9.29. The van der Waals surface area contributed by atoms with Crippen LogP contribution in [0.4, 0.5) is 0 Å². The van der Waals surface area contributed by atoms with Gasteiger partial charge in [0.1, 0.15) is 0 Å². The van der Waals surface area contributed by atoms with Gasteiger partial charge in [0.25, 0.3) is 0 Å². The highest BCUT2D eigenvalue weighted by Crippen LogP contribution is 2.78. The van der Waals surface area contributed by atoms with Crippen LogP contribution in [-0.2, 0) is 0 Å². The average molecular weight is 497 g/mol. The monoisotopic (exact) mass is 497 g/mol. The molecule has 208 valence electrons. The third kappa shape index (κ3) is 3.86. The van der Waals surface area contributed by atoms with Gasteiger partial charge in [0.15, 0.2) is 0 Å². The van der Waals surface area contributed by atoms with Crippen molar-refractivity contribution in [2.45, 2.75) is 159 Å². The van der Waals surface area contributed by atoms with Gasteiger partial charge in [-0.05, 0) is 133 Å². The number of rotatable bonds is 6. The van der Waals surface area contributed by atoms with E-state index in [0.717, 1.165) is 41.4 Å². The average Bonchev–Trinajstić information content (AvgIpc) is 3.13. The van der Waals surface area contributed by atoms with E-state index in [4.69, 9.17) is 0 Å². The molecule has 0 spiro atoms. The molecule has 0 heteroatoms. The summed E-state index contributed by atoms with van der Waals surface area (Å²) in [4.78, 5) is 0. The standard InChI is InChI=1S/C36H64/c1-10-11-12-13-14-26(3)27-17-20-33(6)28(27)18-21-35(8)30(33)15-16-31-34(7)24-25(2)23-32(4,5)29(34)19-22-36(31,35)9/h25-31H,10-24H2,1-9H3/t25-,26?,27?,28-,29-,30+,31+,33-,34-,35+,36+/m0/s1. The van der Waals surface area contributed by atoms with Crippen LogP contribution in [0.25, 0.3) is 0 Å². The van der Waals surface area contributed by atoms with Crippen LogP contribution in [0.5, 0.6) is 0 Å². The Morgan fingerprint density at radius 1 is 0.667 bits per heavy atom. The maximum atomic E-state index is 2.84. The largest absolute Gasteiger partial charge is 0.0654 e. The van der Waals surface area contributed by atoms with Crippen molar-refractivity contribution in [3.8, 4) is 0 Å². The van der Waals surface area contributed by atoms with Crippen molar-refractivity contribution < 1.29 is 0 Å². The van der Waals surface area contributed by atoms with Crippen LogP contribution in [0.2, 0.25) is 0 Å². The van der Waals surface area contributed by atoms with Crippen LogP contribution in [0.15, 0.2) is 0 Å². The van der Waals surface area contributed by atoms with Crippen LogP contribution in [-0.4, -0.2) is 0 Å². The molecule has 0 aromatic heterocycles. The van der Waals surface area contributed by atoms with E-state index in [1.54, 1.807) is 6.42 Å². The van der Waals surface area contributed by atoms with Crippen molar-refractivity contribution in [1.29, 1.82) is 0 Å². The van der Waals surface area contributed by atoms with Crippen LogP contribution >= 0.6 is 0 Å². The Kier molecular flexibility index (Phi) is 7.11. The van der Waals surface area contributed by atoms with Crippen molar-refractivity contribution in [2.24, 2.45) is 68.5 Å². The van der Waals surface area contributed by atoms with E-state index in [0.29, 0.717) is 27.1 Å². The minimum absolute atomic E-state index is 0.529. The van der Waals surface area contributed by atoms with Crippen molar-refractivity contribution in [3.63, 3.8) is 0 Å². The Morgan fingerprint density at radius 2 is 1.31 bits per heavy atom. The van der Waals surface area contributed by atoms with Gasteiger partial charge in [-0.15, -0.1) is 0 Å². The molecular weight excluding hydrogens is 432 g/mol. The first-order valence-electron chi connectivity index (χ1n) is 16.8. The molecule has 5 aliphatic rings. The molecule has 0 heterocycles. The molecule has 0 bridgehead atoms. The van der Waals surface area contributed by atoms with Gasteiger partial charge in [-0.2, -0.15) is 0 Å². The molecule has 0 saturated heterocycles. The molecule has 0 radical (unpaired) electrons. The lowest BCUT2D eigenvalue weighted by molar-refractivity contribution is -0.245. The molecule has 0 nitrogen and oxygen atoms in total. The summed E-state index contributed by atoms with van der Waals surface area (Å²) in [7, 11) is 0. The number of hydrogen-bond donors (Lipinski definition) is 0. The zero-order valence-electron chi connectivity index (χ0n) is 26.1. The summed E-state index contributed by atoms with van der Waals surface area (Å²) >= 11 is 0. The molecule has 0 aromatic carbocycles. The summed E-state index contributed by atoms with van der Waals surface area (Å²) < 4.78 is 0. The third-order valence-electron chi connectivity index (χ3n) is 15.1. The SMILES string of the molecule is CCCCCCC(C)C1CC[C@]2(C)[C@H]3CC[C@@H]4[C@@]5(C)C[C@@H](C)CC(C)(C)[C@@H]5CC[C@@]4(C)[C@]3(C)CC[C@@H]12. The Balaban J connectivity index is 1.39. The molecule has 0 N–H and O–H groups in total. The normalized spacial score (nSPS) is 52.6. The van der Waals surface area contributed by atoms with Crippen molar-refractivity contribution in [1.82, 2.24) is 0 Å². The second-order valence-corrected chi connectivity index (χ2v) is 17.3. The minimum atomic E-state index is 0.529. The Morgan fingerprint density at radius 3 is 1.97 bits per heavy atom. The molecule has 0 aliphatic heterocycles. The zero-order chi connectivity index (χ0) is 26.1. The van der Waals surface area contributed by atoms with E-state index in [-0.39, 0.29) is 0 Å². The number of unbranched alkanes of at least 4 members (excludes halogenated alkanes) is 3. The smallest absolute Gasteiger partial charge is 0.0235 e. The highest BCUT2D eigenvalue weighted by atomic mass is 14.7. The maximum absolute atomic E-state index is 2.84. The first-order chi connectivity index (χ1) is 16.8. The summed E-state index contributed by atoms with van der Waals surface area (Å²) in [6.07, 6.45) is 22.4. The van der Waals surface area contributed by atoms with Crippen LogP contribution in [0.1, 0.15) is 159 Å². The van der Waals surface area contributed by atoms with Crippen LogP contribution in [0, 0.1) is 68.5 Å². The fourth-order valence-electron chi connectivity index (χ4n) is 13.8. The van der Waals surface area contributed by atoms with E-state index in [1.165, 1.54) is 89.9 Å². The Hall–Kier alpha value is 0. The molecule has 5 saturated carbocycles. The maximum Gasteiger partial charge on any atom is -0.0235 e. The summed E-state index contributed by atoms with van der Waals surface area (Å²) in [6.45, 7) is 24.1. The predicted octanol–water partition coefficient (Wildman–Crippen LogP) is 11.3. The van der Waals surface area contributed by atoms with Gasteiger partial charge in [0.2, 0.25) is 0 Å². The minimum Gasteiger partial charge on any atom is -0.0654 e. The van der Waals surface area contributed by atoms with Gasteiger partial charge in [0, 0.05) is 0 Å². The number of hydrogen-bond acceptors (Lipinski definition) is 0. The van der Waals surface area contributed by atoms with Crippen molar-refractivity contribution in [3.05, 3.63) is 0 Å².